The van der Waals surface area contributed by atoms with Gasteiger partial charge in [-0.1, -0.05) is 29.4 Å². The van der Waals surface area contributed by atoms with Crippen LogP contribution < -0.4 is 0 Å². The minimum absolute atomic E-state index is 0.188. The molecule has 98 valence electrons. The molecule has 0 aliphatic heterocycles. The molecule has 0 bridgehead atoms. The Morgan fingerprint density at radius 1 is 1.22 bits per heavy atom. The van der Waals surface area contributed by atoms with E-state index in [9.17, 15) is 4.79 Å². The van der Waals surface area contributed by atoms with Crippen molar-refractivity contribution < 1.29 is 19.1 Å². The van der Waals surface area contributed by atoms with E-state index in [0.29, 0.717) is 17.4 Å². The molecule has 0 unspecified atom stereocenters. The summed E-state index contributed by atoms with van der Waals surface area (Å²) in [6.07, 6.45) is 0.633. The van der Waals surface area contributed by atoms with E-state index < -0.39 is 5.79 Å². The van der Waals surface area contributed by atoms with Gasteiger partial charge in [0.2, 0.25) is 0 Å². The molecular weight excluding hydrogens is 234 g/mol. The molecule has 0 amide bonds. The molecule has 0 aromatic heterocycles. The highest BCUT2D eigenvalue weighted by Gasteiger charge is 2.29. The van der Waals surface area contributed by atoms with Crippen molar-refractivity contribution in [3.63, 3.8) is 0 Å². The first-order valence-corrected chi connectivity index (χ1v) is 5.39. The van der Waals surface area contributed by atoms with E-state index in [0.717, 1.165) is 0 Å². The van der Waals surface area contributed by atoms with Crippen LogP contribution in [0, 0.1) is 0 Å². The Labute approximate surface area is 106 Å². The first kappa shape index (κ1) is 14.3. The lowest BCUT2D eigenvalue weighted by Crippen LogP contribution is -2.29. The third kappa shape index (κ3) is 2.75. The molecule has 0 atom stereocenters. The lowest BCUT2D eigenvalue weighted by atomic mass is 9.97. The highest BCUT2D eigenvalue weighted by atomic mass is 16.7. The van der Waals surface area contributed by atoms with Crippen LogP contribution in [-0.4, -0.2) is 33.3 Å². The Hall–Kier alpha value is -1.72. The number of ether oxygens (including phenoxy) is 2. The normalized spacial score (nSPS) is 12.3. The lowest BCUT2D eigenvalue weighted by Gasteiger charge is -2.28. The standard InChI is InChI=1S/C13H17NO4/c1-13(16-2,17-3)11-8-6-5-7-10(11)12(9-15)14-18-4/h5-9H,1-4H3/b14-12-. The van der Waals surface area contributed by atoms with Crippen molar-refractivity contribution in [2.45, 2.75) is 12.7 Å². The van der Waals surface area contributed by atoms with Gasteiger partial charge >= 0.3 is 0 Å². The summed E-state index contributed by atoms with van der Waals surface area (Å²) in [4.78, 5) is 15.7. The van der Waals surface area contributed by atoms with Crippen LogP contribution in [0.3, 0.4) is 0 Å². The number of carbonyl (C=O) groups excluding carboxylic acids is 1. The molecule has 0 aliphatic carbocycles. The van der Waals surface area contributed by atoms with Crippen LogP contribution in [0.15, 0.2) is 29.4 Å². The summed E-state index contributed by atoms with van der Waals surface area (Å²) in [7, 11) is 4.46. The zero-order valence-corrected chi connectivity index (χ0v) is 11.0. The number of hydrogen-bond acceptors (Lipinski definition) is 5. The van der Waals surface area contributed by atoms with Gasteiger partial charge in [0, 0.05) is 25.3 Å². The van der Waals surface area contributed by atoms with Crippen molar-refractivity contribution in [3.05, 3.63) is 35.4 Å². The zero-order chi connectivity index (χ0) is 13.6. The molecule has 0 aliphatic rings. The monoisotopic (exact) mass is 251 g/mol. The molecule has 0 saturated heterocycles. The summed E-state index contributed by atoms with van der Waals surface area (Å²) in [6, 6.07) is 7.22. The molecule has 5 heteroatoms. The second kappa shape index (κ2) is 6.28. The second-order valence-corrected chi connectivity index (χ2v) is 3.68. The molecular formula is C13H17NO4. The van der Waals surface area contributed by atoms with Crippen LogP contribution in [-0.2, 0) is 24.9 Å². The molecule has 18 heavy (non-hydrogen) atoms. The van der Waals surface area contributed by atoms with Crippen LogP contribution in [0.25, 0.3) is 0 Å². The average Bonchev–Trinajstić information content (AvgIpc) is 2.44. The van der Waals surface area contributed by atoms with Gasteiger partial charge in [-0.2, -0.15) is 0 Å². The van der Waals surface area contributed by atoms with E-state index in [1.807, 2.05) is 12.1 Å². The summed E-state index contributed by atoms with van der Waals surface area (Å²) in [5.74, 6) is -0.950. The van der Waals surface area contributed by atoms with Crippen molar-refractivity contribution in [1.29, 1.82) is 0 Å². The Morgan fingerprint density at radius 2 is 1.83 bits per heavy atom. The van der Waals surface area contributed by atoms with Gasteiger partial charge < -0.3 is 14.3 Å². The fourth-order valence-corrected chi connectivity index (χ4v) is 1.64. The van der Waals surface area contributed by atoms with Crippen LogP contribution >= 0.6 is 0 Å². The molecule has 0 radical (unpaired) electrons. The molecule has 0 saturated carbocycles. The Balaban J connectivity index is 3.38. The summed E-state index contributed by atoms with van der Waals surface area (Å²) in [5.41, 5.74) is 1.51. The van der Waals surface area contributed by atoms with Gasteiger partial charge in [0.05, 0.1) is 0 Å². The summed E-state index contributed by atoms with van der Waals surface area (Å²) in [5, 5.41) is 3.69. The number of carbonyl (C=O) groups is 1. The van der Waals surface area contributed by atoms with E-state index in [-0.39, 0.29) is 5.71 Å². The number of aldehydes is 1. The minimum Gasteiger partial charge on any atom is -0.399 e. The highest BCUT2D eigenvalue weighted by Crippen LogP contribution is 2.28. The molecule has 1 rings (SSSR count). The van der Waals surface area contributed by atoms with Crippen LogP contribution in [0.2, 0.25) is 0 Å². The number of methoxy groups -OCH3 is 2. The maximum atomic E-state index is 11.1. The molecule has 0 heterocycles. The zero-order valence-electron chi connectivity index (χ0n) is 11.0. The maximum absolute atomic E-state index is 11.1. The predicted molar refractivity (Wildman–Crippen MR) is 67.4 cm³/mol. The van der Waals surface area contributed by atoms with Crippen molar-refractivity contribution in [3.8, 4) is 0 Å². The molecule has 5 nitrogen and oxygen atoms in total. The third-order valence-corrected chi connectivity index (χ3v) is 2.77. The van der Waals surface area contributed by atoms with E-state index in [1.165, 1.54) is 21.3 Å². The molecule has 1 aromatic carbocycles. The van der Waals surface area contributed by atoms with Gasteiger partial charge in [-0.05, 0) is 6.92 Å². The molecule has 0 N–H and O–H groups in total. The number of nitrogens with zero attached hydrogens (tertiary/aromatic N) is 1. The van der Waals surface area contributed by atoms with Gasteiger partial charge in [-0.25, -0.2) is 0 Å². The largest absolute Gasteiger partial charge is 0.399 e. The number of oxime groups is 1. The summed E-state index contributed by atoms with van der Waals surface area (Å²) >= 11 is 0. The van der Waals surface area contributed by atoms with Crippen LogP contribution in [0.4, 0.5) is 0 Å². The third-order valence-electron chi connectivity index (χ3n) is 2.77. The predicted octanol–water partition coefficient (Wildman–Crippen LogP) is 1.70. The Bertz CT molecular complexity index is 438. The Morgan fingerprint density at radius 3 is 2.33 bits per heavy atom. The summed E-state index contributed by atoms with van der Waals surface area (Å²) < 4.78 is 10.7. The number of rotatable bonds is 6. The first-order valence-electron chi connectivity index (χ1n) is 5.39. The Kier molecular flexibility index (Phi) is 5.00. The molecule has 0 spiro atoms. The van der Waals surface area contributed by atoms with Crippen molar-refractivity contribution in [2.24, 2.45) is 5.16 Å². The lowest BCUT2D eigenvalue weighted by molar-refractivity contribution is -0.201. The first-order chi connectivity index (χ1) is 8.62. The van der Waals surface area contributed by atoms with Crippen LogP contribution in [0.1, 0.15) is 18.1 Å². The van der Waals surface area contributed by atoms with Crippen molar-refractivity contribution in [1.82, 2.24) is 0 Å². The van der Waals surface area contributed by atoms with E-state index in [2.05, 4.69) is 9.99 Å². The quantitative estimate of drug-likeness (QED) is 0.334. The van der Waals surface area contributed by atoms with E-state index in [1.54, 1.807) is 19.1 Å². The number of hydrogen-bond donors (Lipinski definition) is 0. The SMILES string of the molecule is CO/N=C(/C=O)c1ccccc1C(C)(OC)OC. The van der Waals surface area contributed by atoms with Gasteiger partial charge in [-0.15, -0.1) is 0 Å². The second-order valence-electron chi connectivity index (χ2n) is 3.68. The number of benzene rings is 1. The molecule has 0 fully saturated rings. The minimum atomic E-state index is -0.950. The van der Waals surface area contributed by atoms with Gasteiger partial charge in [0.1, 0.15) is 12.8 Å². The van der Waals surface area contributed by atoms with Crippen LogP contribution in [0.5, 0.6) is 0 Å². The van der Waals surface area contributed by atoms with E-state index in [4.69, 9.17) is 9.47 Å². The smallest absolute Gasteiger partial charge is 0.191 e. The van der Waals surface area contributed by atoms with Gasteiger partial charge in [0.25, 0.3) is 0 Å². The van der Waals surface area contributed by atoms with Crippen molar-refractivity contribution in [2.75, 3.05) is 21.3 Å². The fraction of sp³-hybridized carbons (Fsp3) is 0.385. The highest BCUT2D eigenvalue weighted by molar-refractivity contribution is 6.36. The van der Waals surface area contributed by atoms with Crippen molar-refractivity contribution >= 4 is 12.0 Å². The van der Waals surface area contributed by atoms with E-state index >= 15 is 0 Å². The maximum Gasteiger partial charge on any atom is 0.191 e. The van der Waals surface area contributed by atoms with Gasteiger partial charge in [0.15, 0.2) is 12.1 Å². The summed E-state index contributed by atoms with van der Waals surface area (Å²) in [6.45, 7) is 1.76. The molecule has 1 aromatic rings. The topological polar surface area (TPSA) is 57.1 Å². The fourth-order valence-electron chi connectivity index (χ4n) is 1.64. The average molecular weight is 251 g/mol. The van der Waals surface area contributed by atoms with Gasteiger partial charge in [-0.3, -0.25) is 4.79 Å².